The summed E-state index contributed by atoms with van der Waals surface area (Å²) in [6.45, 7) is 3.21. The number of carboxylic acids is 1. The van der Waals surface area contributed by atoms with E-state index in [1.54, 1.807) is 0 Å². The van der Waals surface area contributed by atoms with Gasteiger partial charge in [0.25, 0.3) is 0 Å². The minimum Gasteiger partial charge on any atom is -0.494 e. The molecule has 0 amide bonds. The quantitative estimate of drug-likeness (QED) is 0.322. The Hall–Kier alpha value is -3.32. The van der Waals surface area contributed by atoms with E-state index in [0.717, 1.165) is 42.7 Å². The molecule has 0 saturated heterocycles. The molecule has 1 fully saturated rings. The molecule has 3 aromatic rings. The van der Waals surface area contributed by atoms with Crippen molar-refractivity contribution in [1.82, 2.24) is 0 Å². The van der Waals surface area contributed by atoms with Crippen molar-refractivity contribution in [2.45, 2.75) is 51.5 Å². The Morgan fingerprint density at radius 1 is 1.05 bits per heavy atom. The van der Waals surface area contributed by atoms with Crippen LogP contribution in [-0.2, 0) is 34.0 Å². The van der Waals surface area contributed by atoms with E-state index in [1.807, 2.05) is 24.3 Å². The van der Waals surface area contributed by atoms with E-state index in [4.69, 9.17) is 4.74 Å². The summed E-state index contributed by atoms with van der Waals surface area (Å²) in [5.41, 5.74) is 9.69. The molecule has 5 rings (SSSR count). The van der Waals surface area contributed by atoms with Crippen molar-refractivity contribution >= 4 is 21.5 Å². The number of fused-ring (bicyclic) bond motifs is 3. The summed E-state index contributed by atoms with van der Waals surface area (Å²) < 4.78 is 28.7. The first kappa shape index (κ1) is 26.3. The first-order chi connectivity index (χ1) is 18.2. The normalized spacial score (nSPS) is 18.2. The lowest BCUT2D eigenvalue weighted by Crippen LogP contribution is -2.08. The first-order valence-corrected chi connectivity index (χ1v) is 15.4. The number of benzene rings is 3. The van der Waals surface area contributed by atoms with Crippen molar-refractivity contribution in [3.8, 4) is 16.9 Å². The minimum absolute atomic E-state index is 0.136. The summed E-state index contributed by atoms with van der Waals surface area (Å²) in [5.74, 6) is 0.151. The predicted molar refractivity (Wildman–Crippen MR) is 151 cm³/mol. The predicted octanol–water partition coefficient (Wildman–Crippen LogP) is 5.76. The van der Waals surface area contributed by atoms with Crippen LogP contribution in [0.25, 0.3) is 11.1 Å². The first-order valence-electron chi connectivity index (χ1n) is 13.3. The Kier molecular flexibility index (Phi) is 7.48. The molecule has 3 aromatic carbocycles. The number of ether oxygens (including phenoxy) is 1. The third-order valence-electron chi connectivity index (χ3n) is 7.60. The van der Waals surface area contributed by atoms with Crippen LogP contribution in [0, 0.1) is 12.8 Å². The highest BCUT2D eigenvalue weighted by Gasteiger charge is 2.44. The molecule has 0 aromatic heterocycles. The number of anilines is 1. The average molecular weight is 534 g/mol. The Bertz CT molecular complexity index is 1450. The van der Waals surface area contributed by atoms with Gasteiger partial charge in [0.1, 0.15) is 15.6 Å². The Balaban J connectivity index is 1.28. The van der Waals surface area contributed by atoms with Gasteiger partial charge in [-0.05, 0) is 114 Å². The van der Waals surface area contributed by atoms with Gasteiger partial charge in [-0.15, -0.1) is 0 Å². The summed E-state index contributed by atoms with van der Waals surface area (Å²) in [4.78, 5) is 11.2. The molecule has 0 radical (unpaired) electrons. The highest BCUT2D eigenvalue weighted by Crippen LogP contribution is 2.47. The molecule has 7 heteroatoms. The summed E-state index contributed by atoms with van der Waals surface area (Å²) >= 11 is 0. The maximum atomic E-state index is 11.4. The van der Waals surface area contributed by atoms with Crippen LogP contribution < -0.4 is 10.1 Å². The zero-order valence-electron chi connectivity index (χ0n) is 22.0. The van der Waals surface area contributed by atoms with Crippen LogP contribution in [0.2, 0.25) is 0 Å². The van der Waals surface area contributed by atoms with Crippen LogP contribution >= 0.6 is 0 Å². The molecular weight excluding hydrogens is 498 g/mol. The molecule has 2 aliphatic rings. The third-order valence-corrected chi connectivity index (χ3v) is 8.63. The van der Waals surface area contributed by atoms with Crippen LogP contribution in [0.4, 0.5) is 5.69 Å². The van der Waals surface area contributed by atoms with E-state index in [1.165, 1.54) is 39.6 Å². The van der Waals surface area contributed by atoms with Crippen LogP contribution in [0.5, 0.6) is 5.75 Å². The maximum absolute atomic E-state index is 11.4. The molecule has 1 saturated carbocycles. The van der Waals surface area contributed by atoms with E-state index in [0.29, 0.717) is 19.6 Å². The average Bonchev–Trinajstić information content (AvgIpc) is 3.69. The van der Waals surface area contributed by atoms with Gasteiger partial charge in [0.05, 0.1) is 18.3 Å². The van der Waals surface area contributed by atoms with Gasteiger partial charge in [0.15, 0.2) is 0 Å². The van der Waals surface area contributed by atoms with Gasteiger partial charge < -0.3 is 15.2 Å². The fourth-order valence-corrected chi connectivity index (χ4v) is 6.19. The number of sulfone groups is 1. The summed E-state index contributed by atoms with van der Waals surface area (Å²) in [6.07, 6.45) is 5.56. The van der Waals surface area contributed by atoms with E-state index >= 15 is 0 Å². The molecule has 2 aliphatic carbocycles. The number of carbonyl (C=O) groups is 1. The standard InChI is InChI=1S/C31H35NO5S/c1-20-15-26(37-13-4-14-38(2,35)36)17-24-6-3-5-22-8-7-21(16-28(22)30(20)24)19-32-25-11-9-23(10-12-25)27-18-29(27)31(33)34/h7-12,15-17,27,29,32H,3-6,13-14,18-19H2,1-2H3,(H,33,34). The number of rotatable bonds is 10. The molecule has 2 atom stereocenters. The fraction of sp³-hybridized carbons (Fsp3) is 0.387. The van der Waals surface area contributed by atoms with Gasteiger partial charge in [-0.1, -0.05) is 24.3 Å². The zero-order valence-corrected chi connectivity index (χ0v) is 22.8. The van der Waals surface area contributed by atoms with Crippen molar-refractivity contribution in [2.24, 2.45) is 5.92 Å². The third kappa shape index (κ3) is 6.21. The minimum atomic E-state index is -2.98. The zero-order chi connectivity index (χ0) is 26.9. The van der Waals surface area contributed by atoms with Gasteiger partial charge in [-0.25, -0.2) is 8.42 Å². The van der Waals surface area contributed by atoms with Crippen molar-refractivity contribution in [2.75, 3.05) is 23.9 Å². The topological polar surface area (TPSA) is 92.7 Å². The molecule has 0 spiro atoms. The van der Waals surface area contributed by atoms with Gasteiger partial charge in [-0.3, -0.25) is 4.79 Å². The second kappa shape index (κ2) is 10.8. The van der Waals surface area contributed by atoms with Crippen molar-refractivity contribution < 1.29 is 23.1 Å². The molecule has 0 bridgehead atoms. The molecule has 2 unspecified atom stereocenters. The van der Waals surface area contributed by atoms with Crippen molar-refractivity contribution in [3.63, 3.8) is 0 Å². The van der Waals surface area contributed by atoms with Crippen LogP contribution in [0.15, 0.2) is 54.6 Å². The van der Waals surface area contributed by atoms with E-state index in [-0.39, 0.29) is 17.6 Å². The van der Waals surface area contributed by atoms with Crippen LogP contribution in [-0.4, -0.2) is 38.1 Å². The number of aryl methyl sites for hydroxylation is 3. The smallest absolute Gasteiger partial charge is 0.307 e. The fourth-order valence-electron chi connectivity index (χ4n) is 5.54. The van der Waals surface area contributed by atoms with Crippen molar-refractivity contribution in [3.05, 3.63) is 82.4 Å². The lowest BCUT2D eigenvalue weighted by Gasteiger charge is -2.17. The Morgan fingerprint density at radius 2 is 1.82 bits per heavy atom. The number of nitrogens with one attached hydrogen (secondary N) is 1. The highest BCUT2D eigenvalue weighted by molar-refractivity contribution is 7.90. The lowest BCUT2D eigenvalue weighted by molar-refractivity contribution is -0.138. The lowest BCUT2D eigenvalue weighted by atomic mass is 9.91. The largest absolute Gasteiger partial charge is 0.494 e. The molecular formula is C31H35NO5S. The Morgan fingerprint density at radius 3 is 2.53 bits per heavy atom. The molecule has 38 heavy (non-hydrogen) atoms. The molecule has 0 heterocycles. The molecule has 0 aliphatic heterocycles. The summed E-state index contributed by atoms with van der Waals surface area (Å²) in [7, 11) is -2.98. The summed E-state index contributed by atoms with van der Waals surface area (Å²) in [5, 5.41) is 12.7. The second-order valence-corrected chi connectivity index (χ2v) is 13.0. The number of carboxylic acid groups (broad SMARTS) is 1. The van der Waals surface area contributed by atoms with Crippen LogP contribution in [0.1, 0.15) is 53.0 Å². The number of aliphatic carboxylic acids is 1. The van der Waals surface area contributed by atoms with Gasteiger partial charge in [0.2, 0.25) is 0 Å². The Labute approximate surface area is 225 Å². The number of hydrogen-bond donors (Lipinski definition) is 2. The van der Waals surface area contributed by atoms with Crippen LogP contribution in [0.3, 0.4) is 0 Å². The molecule has 2 N–H and O–H groups in total. The van der Waals surface area contributed by atoms with Crippen molar-refractivity contribution in [1.29, 1.82) is 0 Å². The summed E-state index contributed by atoms with van der Waals surface area (Å²) in [6, 6.07) is 19.1. The van der Waals surface area contributed by atoms with Gasteiger partial charge in [0, 0.05) is 18.5 Å². The second-order valence-electron chi connectivity index (χ2n) is 10.7. The SMILES string of the molecule is Cc1cc(OCCCS(C)(=O)=O)cc2c1-c1cc(CNc3ccc(C4CC4C(=O)O)cc3)ccc1CCC2. The monoisotopic (exact) mass is 533 g/mol. The van der Waals surface area contributed by atoms with Gasteiger partial charge >= 0.3 is 5.97 Å². The van der Waals surface area contributed by atoms with E-state index < -0.39 is 15.8 Å². The van der Waals surface area contributed by atoms with E-state index in [2.05, 4.69) is 42.6 Å². The highest BCUT2D eigenvalue weighted by atomic mass is 32.2. The maximum Gasteiger partial charge on any atom is 0.307 e. The van der Waals surface area contributed by atoms with E-state index in [9.17, 15) is 18.3 Å². The van der Waals surface area contributed by atoms with Gasteiger partial charge in [-0.2, -0.15) is 0 Å². The molecule has 6 nitrogen and oxygen atoms in total. The molecule has 200 valence electrons. The number of hydrogen-bond acceptors (Lipinski definition) is 5.